The standard InChI is InChI=1S/C55H33NOS/c1-2-15-35(16-3-1)56(37-28-29-42-41-20-6-10-25-47(41)55(48(42)33-37)45-23-8-4-18-39(45)40-19-5-9-24-46(40)55)36-17-12-14-34(32-36)38-22-13-26-49-52(38)53-50(57-49)31-30-44-43-21-7-11-27-51(43)58-54(44)53/h1-33H. The number of furan rings is 1. The van der Waals surface area contributed by atoms with Gasteiger partial charge in [0.15, 0.2) is 0 Å². The summed E-state index contributed by atoms with van der Waals surface area (Å²) in [6.45, 7) is 0. The minimum Gasteiger partial charge on any atom is -0.456 e. The molecule has 3 heteroatoms. The highest BCUT2D eigenvalue weighted by atomic mass is 32.1. The van der Waals surface area contributed by atoms with E-state index >= 15 is 0 Å². The molecule has 1 spiro atoms. The van der Waals surface area contributed by atoms with Crippen molar-refractivity contribution in [3.8, 4) is 33.4 Å². The molecule has 2 nitrogen and oxygen atoms in total. The second-order valence-electron chi connectivity index (χ2n) is 15.5. The molecule has 0 radical (unpaired) electrons. The van der Waals surface area contributed by atoms with E-state index in [-0.39, 0.29) is 0 Å². The number of fused-ring (bicyclic) bond motifs is 17. The van der Waals surface area contributed by atoms with Gasteiger partial charge in [-0.05, 0) is 116 Å². The number of thiophene rings is 1. The van der Waals surface area contributed by atoms with Crippen LogP contribution in [0.4, 0.5) is 17.1 Å². The number of nitrogens with zero attached hydrogens (tertiary/aromatic N) is 1. The van der Waals surface area contributed by atoms with Gasteiger partial charge >= 0.3 is 0 Å². The minimum absolute atomic E-state index is 0.421. The SMILES string of the molecule is c1ccc(N(c2cccc(-c3cccc4oc5ccc6c7ccccc7sc6c5c34)c2)c2ccc3c(c2)C2(c4ccccc4-c4ccccc42)c2ccccc2-3)cc1. The maximum Gasteiger partial charge on any atom is 0.136 e. The van der Waals surface area contributed by atoms with Crippen molar-refractivity contribution in [2.24, 2.45) is 0 Å². The maximum absolute atomic E-state index is 6.60. The zero-order chi connectivity index (χ0) is 38.0. The molecule has 2 aliphatic carbocycles. The van der Waals surface area contributed by atoms with Crippen molar-refractivity contribution in [2.45, 2.75) is 5.41 Å². The van der Waals surface area contributed by atoms with Crippen molar-refractivity contribution < 1.29 is 4.42 Å². The van der Waals surface area contributed by atoms with Crippen molar-refractivity contribution in [1.82, 2.24) is 0 Å². The van der Waals surface area contributed by atoms with Gasteiger partial charge in [-0.3, -0.25) is 0 Å². The number of rotatable bonds is 4. The maximum atomic E-state index is 6.60. The molecule has 11 aromatic rings. The third-order valence-electron chi connectivity index (χ3n) is 12.7. The summed E-state index contributed by atoms with van der Waals surface area (Å²) in [6, 6.07) is 73.6. The molecule has 0 aliphatic heterocycles. The molecule has 9 aromatic carbocycles. The van der Waals surface area contributed by atoms with E-state index < -0.39 is 5.41 Å². The Bertz CT molecular complexity index is 3420. The van der Waals surface area contributed by atoms with Crippen LogP contribution in [0.15, 0.2) is 205 Å². The summed E-state index contributed by atoms with van der Waals surface area (Å²) in [5.41, 5.74) is 17.6. The van der Waals surface area contributed by atoms with Crippen LogP contribution in [0, 0.1) is 0 Å². The van der Waals surface area contributed by atoms with Crippen LogP contribution in [0.5, 0.6) is 0 Å². The van der Waals surface area contributed by atoms with E-state index in [1.165, 1.54) is 75.6 Å². The summed E-state index contributed by atoms with van der Waals surface area (Å²) >= 11 is 1.85. The summed E-state index contributed by atoms with van der Waals surface area (Å²) in [5, 5.41) is 4.92. The Morgan fingerprint density at radius 3 is 1.72 bits per heavy atom. The van der Waals surface area contributed by atoms with Crippen LogP contribution in [0.25, 0.3) is 75.5 Å². The number of anilines is 3. The van der Waals surface area contributed by atoms with Crippen LogP contribution in [-0.4, -0.2) is 0 Å². The summed E-state index contributed by atoms with van der Waals surface area (Å²) in [4.78, 5) is 2.42. The molecule has 0 bridgehead atoms. The molecular weight excluding hydrogens is 723 g/mol. The predicted molar refractivity (Wildman–Crippen MR) is 243 cm³/mol. The predicted octanol–water partition coefficient (Wildman–Crippen LogP) is 15.4. The van der Waals surface area contributed by atoms with Crippen molar-refractivity contribution in [1.29, 1.82) is 0 Å². The van der Waals surface area contributed by atoms with Crippen LogP contribution in [0.3, 0.4) is 0 Å². The van der Waals surface area contributed by atoms with E-state index in [2.05, 4.69) is 205 Å². The second kappa shape index (κ2) is 11.9. The fourth-order valence-electron chi connectivity index (χ4n) is 10.4. The average Bonchev–Trinajstić information content (AvgIpc) is 4.02. The molecule has 13 rings (SSSR count). The van der Waals surface area contributed by atoms with Crippen LogP contribution in [0.2, 0.25) is 0 Å². The fraction of sp³-hybridized carbons (Fsp3) is 0.0182. The van der Waals surface area contributed by atoms with Gasteiger partial charge in [-0.1, -0.05) is 140 Å². The first-order valence-electron chi connectivity index (χ1n) is 19.9. The number of hydrogen-bond acceptors (Lipinski definition) is 3. The van der Waals surface area contributed by atoms with E-state index in [0.717, 1.165) is 39.2 Å². The van der Waals surface area contributed by atoms with Crippen LogP contribution in [0.1, 0.15) is 22.3 Å². The molecule has 0 fully saturated rings. The van der Waals surface area contributed by atoms with E-state index in [9.17, 15) is 0 Å². The zero-order valence-corrected chi connectivity index (χ0v) is 32.1. The molecule has 0 unspecified atom stereocenters. The van der Waals surface area contributed by atoms with Crippen molar-refractivity contribution in [2.75, 3.05) is 4.90 Å². The molecule has 2 aliphatic rings. The fourth-order valence-corrected chi connectivity index (χ4v) is 11.6. The molecule has 0 saturated carbocycles. The molecular formula is C55H33NOS. The molecule has 0 saturated heterocycles. The Balaban J connectivity index is 1.03. The van der Waals surface area contributed by atoms with Crippen molar-refractivity contribution >= 4 is 70.5 Å². The lowest BCUT2D eigenvalue weighted by molar-refractivity contribution is 0.669. The summed E-state index contributed by atoms with van der Waals surface area (Å²) in [5.74, 6) is 0. The molecule has 2 heterocycles. The molecule has 2 aromatic heterocycles. The number of benzene rings is 9. The van der Waals surface area contributed by atoms with Gasteiger partial charge < -0.3 is 9.32 Å². The molecule has 0 amide bonds. The molecule has 0 atom stereocenters. The molecule has 58 heavy (non-hydrogen) atoms. The Morgan fingerprint density at radius 1 is 0.379 bits per heavy atom. The Kier molecular flexibility index (Phi) is 6.56. The van der Waals surface area contributed by atoms with Gasteiger partial charge in [-0.25, -0.2) is 0 Å². The zero-order valence-electron chi connectivity index (χ0n) is 31.3. The molecule has 270 valence electrons. The normalized spacial score (nSPS) is 13.3. The third kappa shape index (κ3) is 4.21. The van der Waals surface area contributed by atoms with Crippen LogP contribution >= 0.6 is 11.3 Å². The monoisotopic (exact) mass is 755 g/mol. The second-order valence-corrected chi connectivity index (χ2v) is 16.6. The van der Waals surface area contributed by atoms with Gasteiger partial charge in [0.2, 0.25) is 0 Å². The van der Waals surface area contributed by atoms with Gasteiger partial charge in [-0.15, -0.1) is 11.3 Å². The Hall–Kier alpha value is -7.20. The van der Waals surface area contributed by atoms with Gasteiger partial charge in [0, 0.05) is 48.0 Å². The van der Waals surface area contributed by atoms with Gasteiger partial charge in [0.25, 0.3) is 0 Å². The van der Waals surface area contributed by atoms with Gasteiger partial charge in [0.1, 0.15) is 11.2 Å². The first-order chi connectivity index (χ1) is 28.8. The Labute approximate surface area is 339 Å². The van der Waals surface area contributed by atoms with Gasteiger partial charge in [0.05, 0.1) is 5.41 Å². The van der Waals surface area contributed by atoms with Crippen molar-refractivity contribution in [3.05, 3.63) is 222 Å². The lowest BCUT2D eigenvalue weighted by atomic mass is 9.70. The highest BCUT2D eigenvalue weighted by Crippen LogP contribution is 2.63. The first kappa shape index (κ1) is 31.9. The minimum atomic E-state index is -0.421. The van der Waals surface area contributed by atoms with E-state index in [1.54, 1.807) is 0 Å². The van der Waals surface area contributed by atoms with E-state index in [1.807, 2.05) is 11.3 Å². The number of para-hydroxylation sites is 1. The topological polar surface area (TPSA) is 16.4 Å². The van der Waals surface area contributed by atoms with E-state index in [4.69, 9.17) is 4.42 Å². The van der Waals surface area contributed by atoms with E-state index in [0.29, 0.717) is 0 Å². The summed E-state index contributed by atoms with van der Waals surface area (Å²) in [7, 11) is 0. The average molecular weight is 756 g/mol. The highest BCUT2D eigenvalue weighted by molar-refractivity contribution is 7.26. The van der Waals surface area contributed by atoms with Crippen LogP contribution in [-0.2, 0) is 5.41 Å². The number of hydrogen-bond donors (Lipinski definition) is 0. The summed E-state index contributed by atoms with van der Waals surface area (Å²) < 4.78 is 9.16. The first-order valence-corrected chi connectivity index (χ1v) is 20.7. The van der Waals surface area contributed by atoms with Gasteiger partial charge in [-0.2, -0.15) is 0 Å². The highest BCUT2D eigenvalue weighted by Gasteiger charge is 2.51. The van der Waals surface area contributed by atoms with Crippen molar-refractivity contribution in [3.63, 3.8) is 0 Å². The Morgan fingerprint density at radius 2 is 0.966 bits per heavy atom. The smallest absolute Gasteiger partial charge is 0.136 e. The van der Waals surface area contributed by atoms with Crippen LogP contribution < -0.4 is 4.90 Å². The third-order valence-corrected chi connectivity index (χ3v) is 13.9. The largest absolute Gasteiger partial charge is 0.456 e. The lowest BCUT2D eigenvalue weighted by Gasteiger charge is -2.32. The summed E-state index contributed by atoms with van der Waals surface area (Å²) in [6.07, 6.45) is 0. The quantitative estimate of drug-likeness (QED) is 0.178. The molecule has 0 N–H and O–H groups in total. The lowest BCUT2D eigenvalue weighted by Crippen LogP contribution is -2.26.